The Morgan fingerprint density at radius 1 is 0.958 bits per heavy atom. The van der Waals surface area contributed by atoms with Gasteiger partial charge in [0.25, 0.3) is 0 Å². The Balaban J connectivity index is 4.22. The van der Waals surface area contributed by atoms with Crippen LogP contribution >= 0.6 is 0 Å². The first-order chi connectivity index (χ1) is 11.5. The van der Waals surface area contributed by atoms with Crippen LogP contribution in [0.1, 0.15) is 64.7 Å². The highest BCUT2D eigenvalue weighted by atomic mass is 16.5. The quantitative estimate of drug-likeness (QED) is 0.389. The minimum atomic E-state index is -0.891. The number of methoxy groups -OCH3 is 2. The molecule has 0 spiro atoms. The molecule has 2 atom stereocenters. The van der Waals surface area contributed by atoms with Gasteiger partial charge in [-0.1, -0.05) is 45.4 Å². The second-order valence-electron chi connectivity index (χ2n) is 5.86. The molecule has 0 aliphatic rings. The second kappa shape index (κ2) is 13.8. The Hall–Kier alpha value is -1.63. The zero-order valence-electron chi connectivity index (χ0n) is 15.1. The van der Waals surface area contributed by atoms with Gasteiger partial charge in [-0.25, -0.2) is 4.79 Å². The lowest BCUT2D eigenvalue weighted by Crippen LogP contribution is -2.48. The average Bonchev–Trinajstić information content (AvgIpc) is 2.59. The SMILES string of the molecule is CCCCCCCC[C@H](N)C(=O)N[C@@H](CCC(=O)OC)C(=O)OC. The molecule has 0 aromatic carbocycles. The predicted octanol–water partition coefficient (Wildman–Crippen LogP) is 1.68. The van der Waals surface area contributed by atoms with E-state index >= 15 is 0 Å². The maximum atomic E-state index is 12.1. The van der Waals surface area contributed by atoms with Crippen LogP contribution in [0.3, 0.4) is 0 Å². The van der Waals surface area contributed by atoms with Crippen molar-refractivity contribution in [1.29, 1.82) is 0 Å². The van der Waals surface area contributed by atoms with Crippen LogP contribution in [0.5, 0.6) is 0 Å². The molecule has 0 rings (SSSR count). The number of ether oxygens (including phenoxy) is 2. The molecule has 0 aliphatic heterocycles. The summed E-state index contributed by atoms with van der Waals surface area (Å²) < 4.78 is 9.18. The molecule has 0 saturated heterocycles. The van der Waals surface area contributed by atoms with E-state index in [1.807, 2.05) is 0 Å². The summed E-state index contributed by atoms with van der Waals surface area (Å²) in [7, 11) is 2.50. The molecule has 0 fully saturated rings. The van der Waals surface area contributed by atoms with Gasteiger partial charge < -0.3 is 20.5 Å². The molecule has 0 bridgehead atoms. The monoisotopic (exact) mass is 344 g/mol. The summed E-state index contributed by atoms with van der Waals surface area (Å²) in [5, 5.41) is 2.56. The molecule has 0 heterocycles. The van der Waals surface area contributed by atoms with Gasteiger partial charge in [0, 0.05) is 6.42 Å². The summed E-state index contributed by atoms with van der Waals surface area (Å²) in [6, 6.07) is -1.56. The Morgan fingerprint density at radius 2 is 1.58 bits per heavy atom. The van der Waals surface area contributed by atoms with E-state index in [0.717, 1.165) is 19.3 Å². The van der Waals surface area contributed by atoms with Crippen LogP contribution in [0.25, 0.3) is 0 Å². The first kappa shape index (κ1) is 22.4. The summed E-state index contributed by atoms with van der Waals surface area (Å²) in [4.78, 5) is 35.0. The number of hydrogen-bond acceptors (Lipinski definition) is 6. The number of rotatable bonds is 13. The number of carbonyl (C=O) groups excluding carboxylic acids is 3. The lowest BCUT2D eigenvalue weighted by atomic mass is 10.0. The lowest BCUT2D eigenvalue weighted by molar-refractivity contribution is -0.146. The van der Waals surface area contributed by atoms with Gasteiger partial charge in [0.1, 0.15) is 6.04 Å². The van der Waals surface area contributed by atoms with Crippen LogP contribution in [0.4, 0.5) is 0 Å². The van der Waals surface area contributed by atoms with Gasteiger partial charge in [-0.2, -0.15) is 0 Å². The Bertz CT molecular complexity index is 387. The largest absolute Gasteiger partial charge is 0.469 e. The van der Waals surface area contributed by atoms with Crippen molar-refractivity contribution in [2.24, 2.45) is 5.73 Å². The van der Waals surface area contributed by atoms with E-state index in [-0.39, 0.29) is 12.8 Å². The summed E-state index contributed by atoms with van der Waals surface area (Å²) in [5.41, 5.74) is 5.87. The summed E-state index contributed by atoms with van der Waals surface area (Å²) in [6.07, 6.45) is 7.41. The third-order valence-corrected chi connectivity index (χ3v) is 3.87. The van der Waals surface area contributed by atoms with Gasteiger partial charge in [-0.3, -0.25) is 9.59 Å². The maximum Gasteiger partial charge on any atom is 0.328 e. The maximum absolute atomic E-state index is 12.1. The standard InChI is InChI=1S/C17H32N2O5/c1-4-5-6-7-8-9-10-13(18)16(21)19-14(17(22)24-3)11-12-15(20)23-2/h13-14H,4-12,18H2,1-3H3,(H,19,21)/t13-,14-/m0/s1. The van der Waals surface area contributed by atoms with Crippen LogP contribution in [-0.4, -0.2) is 44.1 Å². The van der Waals surface area contributed by atoms with Crippen LogP contribution in [-0.2, 0) is 23.9 Å². The van der Waals surface area contributed by atoms with Crippen molar-refractivity contribution in [2.45, 2.75) is 76.8 Å². The minimum Gasteiger partial charge on any atom is -0.469 e. The molecule has 0 saturated carbocycles. The van der Waals surface area contributed by atoms with Gasteiger partial charge in [-0.05, 0) is 12.8 Å². The third kappa shape index (κ3) is 10.2. The van der Waals surface area contributed by atoms with E-state index in [2.05, 4.69) is 21.7 Å². The van der Waals surface area contributed by atoms with Gasteiger partial charge >= 0.3 is 11.9 Å². The summed E-state index contributed by atoms with van der Waals surface area (Å²) in [5.74, 6) is -1.45. The number of nitrogens with one attached hydrogen (secondary N) is 1. The molecule has 1 amide bonds. The Morgan fingerprint density at radius 3 is 2.17 bits per heavy atom. The van der Waals surface area contributed by atoms with Crippen molar-refractivity contribution in [3.8, 4) is 0 Å². The third-order valence-electron chi connectivity index (χ3n) is 3.87. The normalized spacial score (nSPS) is 13.0. The fourth-order valence-corrected chi connectivity index (χ4v) is 2.31. The molecule has 0 unspecified atom stereocenters. The van der Waals surface area contributed by atoms with Crippen molar-refractivity contribution in [3.05, 3.63) is 0 Å². The minimum absolute atomic E-state index is 0.0171. The van der Waals surface area contributed by atoms with E-state index in [1.54, 1.807) is 0 Å². The number of nitrogens with two attached hydrogens (primary N) is 1. The highest BCUT2D eigenvalue weighted by Crippen LogP contribution is 2.09. The molecule has 0 aromatic heterocycles. The van der Waals surface area contributed by atoms with Crippen LogP contribution in [0.15, 0.2) is 0 Å². The molecular weight excluding hydrogens is 312 g/mol. The zero-order valence-corrected chi connectivity index (χ0v) is 15.1. The highest BCUT2D eigenvalue weighted by Gasteiger charge is 2.25. The molecule has 0 aliphatic carbocycles. The molecular formula is C17H32N2O5. The van der Waals surface area contributed by atoms with Gasteiger partial charge in [0.05, 0.1) is 20.3 Å². The molecule has 0 radical (unpaired) electrons. The van der Waals surface area contributed by atoms with Crippen LogP contribution < -0.4 is 11.1 Å². The fourth-order valence-electron chi connectivity index (χ4n) is 2.31. The Kier molecular flexibility index (Phi) is 12.8. The molecule has 7 heteroatoms. The van der Waals surface area contributed by atoms with Crippen LogP contribution in [0.2, 0.25) is 0 Å². The lowest BCUT2D eigenvalue weighted by Gasteiger charge is -2.19. The van der Waals surface area contributed by atoms with Gasteiger partial charge in [0.2, 0.25) is 5.91 Å². The second-order valence-corrected chi connectivity index (χ2v) is 5.86. The first-order valence-corrected chi connectivity index (χ1v) is 8.66. The number of hydrogen-bond donors (Lipinski definition) is 2. The van der Waals surface area contributed by atoms with E-state index < -0.39 is 29.9 Å². The van der Waals surface area contributed by atoms with E-state index in [1.165, 1.54) is 33.5 Å². The van der Waals surface area contributed by atoms with Crippen LogP contribution in [0, 0.1) is 0 Å². The summed E-state index contributed by atoms with van der Waals surface area (Å²) >= 11 is 0. The van der Waals surface area contributed by atoms with E-state index in [4.69, 9.17) is 5.73 Å². The van der Waals surface area contributed by atoms with Crippen molar-refractivity contribution in [3.63, 3.8) is 0 Å². The molecule has 0 aromatic rings. The number of amides is 1. The van der Waals surface area contributed by atoms with Crippen molar-refractivity contribution < 1.29 is 23.9 Å². The van der Waals surface area contributed by atoms with Crippen molar-refractivity contribution >= 4 is 17.8 Å². The van der Waals surface area contributed by atoms with E-state index in [9.17, 15) is 14.4 Å². The predicted molar refractivity (Wildman–Crippen MR) is 91.2 cm³/mol. The smallest absolute Gasteiger partial charge is 0.328 e. The number of esters is 2. The van der Waals surface area contributed by atoms with Gasteiger partial charge in [-0.15, -0.1) is 0 Å². The fraction of sp³-hybridized carbons (Fsp3) is 0.824. The molecule has 7 nitrogen and oxygen atoms in total. The molecule has 3 N–H and O–H groups in total. The number of unbranched alkanes of at least 4 members (excludes halogenated alkanes) is 5. The molecule has 140 valence electrons. The molecule has 24 heavy (non-hydrogen) atoms. The van der Waals surface area contributed by atoms with Crippen molar-refractivity contribution in [2.75, 3.05) is 14.2 Å². The number of carbonyl (C=O) groups is 3. The zero-order chi connectivity index (χ0) is 18.4. The summed E-state index contributed by atoms with van der Waals surface area (Å²) in [6.45, 7) is 2.16. The first-order valence-electron chi connectivity index (χ1n) is 8.66. The van der Waals surface area contributed by atoms with E-state index in [0.29, 0.717) is 6.42 Å². The topological polar surface area (TPSA) is 108 Å². The van der Waals surface area contributed by atoms with Gasteiger partial charge in [0.15, 0.2) is 0 Å². The average molecular weight is 344 g/mol. The Labute approximate surface area is 144 Å². The van der Waals surface area contributed by atoms with Crippen molar-refractivity contribution in [1.82, 2.24) is 5.32 Å². The highest BCUT2D eigenvalue weighted by molar-refractivity contribution is 5.87.